The van der Waals surface area contributed by atoms with Crippen molar-refractivity contribution in [2.24, 2.45) is 0 Å². The summed E-state index contributed by atoms with van der Waals surface area (Å²) in [7, 11) is 0. The van der Waals surface area contributed by atoms with E-state index in [1.54, 1.807) is 0 Å². The Bertz CT molecular complexity index is 734. The maximum Gasteiger partial charge on any atom is 0.234 e. The summed E-state index contributed by atoms with van der Waals surface area (Å²) in [6, 6.07) is 6.74. The second-order valence-electron chi connectivity index (χ2n) is 6.85. The summed E-state index contributed by atoms with van der Waals surface area (Å²) in [5.74, 6) is 0.354. The number of carbonyl (C=O) groups is 1. The molecule has 0 radical (unpaired) electrons. The Kier molecular flexibility index (Phi) is 7.52. The van der Waals surface area contributed by atoms with Crippen molar-refractivity contribution >= 4 is 39.8 Å². The van der Waals surface area contributed by atoms with Crippen LogP contribution in [0.3, 0.4) is 0 Å². The number of aromatic nitrogens is 2. The third-order valence-electron chi connectivity index (χ3n) is 4.93. The number of para-hydroxylation sites is 1. The number of nitrogens with one attached hydrogen (secondary N) is 2. The fourth-order valence-corrected chi connectivity index (χ4v) is 5.08. The van der Waals surface area contributed by atoms with E-state index in [0.29, 0.717) is 11.8 Å². The highest BCUT2D eigenvalue weighted by molar-refractivity contribution is 8.01. The highest BCUT2D eigenvalue weighted by Gasteiger charge is 2.16. The highest BCUT2D eigenvalue weighted by Crippen LogP contribution is 2.29. The van der Waals surface area contributed by atoms with Gasteiger partial charge in [-0.2, -0.15) is 0 Å². The number of aryl methyl sites for hydroxylation is 2. The zero-order valence-electron chi connectivity index (χ0n) is 16.1. The quantitative estimate of drug-likeness (QED) is 0.597. The molecule has 0 unspecified atom stereocenters. The second-order valence-corrected chi connectivity index (χ2v) is 9.05. The third-order valence-corrected chi connectivity index (χ3v) is 6.92. The average Bonchev–Trinajstić information content (AvgIpc) is 3.14. The van der Waals surface area contributed by atoms with Crippen molar-refractivity contribution in [2.75, 3.05) is 16.4 Å². The summed E-state index contributed by atoms with van der Waals surface area (Å²) >= 11 is 2.99. The number of hydrogen-bond donors (Lipinski definition) is 2. The van der Waals surface area contributed by atoms with Crippen molar-refractivity contribution in [2.45, 2.75) is 69.2 Å². The zero-order valence-corrected chi connectivity index (χ0v) is 17.7. The van der Waals surface area contributed by atoms with Crippen LogP contribution in [0.5, 0.6) is 0 Å². The average molecular weight is 405 g/mol. The number of carbonyl (C=O) groups excluding carboxylic acids is 1. The molecule has 1 saturated carbocycles. The van der Waals surface area contributed by atoms with Gasteiger partial charge in [0.15, 0.2) is 4.34 Å². The van der Waals surface area contributed by atoms with Crippen LogP contribution >= 0.6 is 23.1 Å². The van der Waals surface area contributed by atoms with E-state index in [0.717, 1.165) is 28.0 Å². The highest BCUT2D eigenvalue weighted by atomic mass is 32.2. The van der Waals surface area contributed by atoms with Gasteiger partial charge in [0.05, 0.1) is 5.75 Å². The maximum absolute atomic E-state index is 12.5. The van der Waals surface area contributed by atoms with Gasteiger partial charge in [0.2, 0.25) is 11.0 Å². The van der Waals surface area contributed by atoms with Gasteiger partial charge in [-0.1, -0.05) is 74.4 Å². The van der Waals surface area contributed by atoms with E-state index in [2.05, 4.69) is 52.9 Å². The van der Waals surface area contributed by atoms with Gasteiger partial charge in [-0.25, -0.2) is 0 Å². The Hall–Kier alpha value is -1.60. The van der Waals surface area contributed by atoms with E-state index in [-0.39, 0.29) is 5.91 Å². The number of rotatable bonds is 8. The first-order chi connectivity index (χ1) is 13.2. The molecule has 0 spiro atoms. The van der Waals surface area contributed by atoms with Crippen LogP contribution in [-0.4, -0.2) is 27.9 Å². The molecule has 7 heteroatoms. The number of anilines is 2. The van der Waals surface area contributed by atoms with E-state index < -0.39 is 0 Å². The van der Waals surface area contributed by atoms with Crippen molar-refractivity contribution in [1.29, 1.82) is 0 Å². The van der Waals surface area contributed by atoms with Gasteiger partial charge < -0.3 is 10.6 Å². The summed E-state index contributed by atoms with van der Waals surface area (Å²) in [5, 5.41) is 15.9. The van der Waals surface area contributed by atoms with Crippen LogP contribution < -0.4 is 10.6 Å². The molecule has 1 fully saturated rings. The number of benzene rings is 1. The van der Waals surface area contributed by atoms with Crippen LogP contribution in [0.25, 0.3) is 0 Å². The maximum atomic E-state index is 12.5. The first kappa shape index (κ1) is 20.1. The van der Waals surface area contributed by atoms with Gasteiger partial charge in [0, 0.05) is 11.7 Å². The molecule has 0 atom stereocenters. The third kappa shape index (κ3) is 5.69. The molecule has 3 rings (SSSR count). The van der Waals surface area contributed by atoms with E-state index >= 15 is 0 Å². The zero-order chi connectivity index (χ0) is 19.1. The lowest BCUT2D eigenvalue weighted by molar-refractivity contribution is -0.113. The number of nitrogens with zero attached hydrogens (tertiary/aromatic N) is 2. The lowest BCUT2D eigenvalue weighted by Gasteiger charge is -2.21. The van der Waals surface area contributed by atoms with Crippen molar-refractivity contribution in [1.82, 2.24) is 10.2 Å². The second kappa shape index (κ2) is 10.1. The van der Waals surface area contributed by atoms with Crippen molar-refractivity contribution in [3.8, 4) is 0 Å². The van der Waals surface area contributed by atoms with E-state index in [1.807, 2.05) is 0 Å². The molecule has 2 N–H and O–H groups in total. The van der Waals surface area contributed by atoms with Gasteiger partial charge in [-0.15, -0.1) is 10.2 Å². The predicted molar refractivity (Wildman–Crippen MR) is 115 cm³/mol. The normalized spacial score (nSPS) is 14.9. The molecule has 1 aromatic heterocycles. The molecular formula is C20H28N4OS2. The smallest absolute Gasteiger partial charge is 0.234 e. The number of thioether (sulfide) groups is 1. The number of amides is 1. The molecule has 0 aliphatic heterocycles. The summed E-state index contributed by atoms with van der Waals surface area (Å²) in [6.07, 6.45) is 8.15. The van der Waals surface area contributed by atoms with Gasteiger partial charge in [-0.05, 0) is 36.8 Å². The van der Waals surface area contributed by atoms with Gasteiger partial charge in [0.1, 0.15) is 0 Å². The predicted octanol–water partition coefficient (Wildman–Crippen LogP) is 5.14. The molecule has 1 amide bonds. The van der Waals surface area contributed by atoms with E-state index in [9.17, 15) is 4.79 Å². The SMILES string of the molecule is CCc1cccc(CC)c1NC(=O)CSc1nnc(NC2CCCCC2)s1. The summed E-state index contributed by atoms with van der Waals surface area (Å²) in [6.45, 7) is 4.22. The Morgan fingerprint density at radius 2 is 1.85 bits per heavy atom. The van der Waals surface area contributed by atoms with Crippen molar-refractivity contribution in [3.63, 3.8) is 0 Å². The van der Waals surface area contributed by atoms with Gasteiger partial charge in [-0.3, -0.25) is 4.79 Å². The van der Waals surface area contributed by atoms with E-state index in [1.165, 1.54) is 66.3 Å². The van der Waals surface area contributed by atoms with Crippen LogP contribution in [0.15, 0.2) is 22.5 Å². The first-order valence-electron chi connectivity index (χ1n) is 9.83. The van der Waals surface area contributed by atoms with Crippen molar-refractivity contribution < 1.29 is 4.79 Å². The largest absolute Gasteiger partial charge is 0.357 e. The minimum Gasteiger partial charge on any atom is -0.357 e. The fourth-order valence-electron chi connectivity index (χ4n) is 3.45. The van der Waals surface area contributed by atoms with Crippen LogP contribution in [-0.2, 0) is 17.6 Å². The topological polar surface area (TPSA) is 66.9 Å². The summed E-state index contributed by atoms with van der Waals surface area (Å²) in [4.78, 5) is 12.5. The Morgan fingerprint density at radius 3 is 2.52 bits per heavy atom. The Labute approximate surface area is 169 Å². The lowest BCUT2D eigenvalue weighted by atomic mass is 9.96. The van der Waals surface area contributed by atoms with E-state index in [4.69, 9.17) is 0 Å². The molecule has 146 valence electrons. The lowest BCUT2D eigenvalue weighted by Crippen LogP contribution is -2.21. The molecular weight excluding hydrogens is 376 g/mol. The van der Waals surface area contributed by atoms with Gasteiger partial charge >= 0.3 is 0 Å². The van der Waals surface area contributed by atoms with Crippen LogP contribution in [0.4, 0.5) is 10.8 Å². The molecule has 1 heterocycles. The number of hydrogen-bond acceptors (Lipinski definition) is 6. The summed E-state index contributed by atoms with van der Waals surface area (Å²) < 4.78 is 0.836. The van der Waals surface area contributed by atoms with Gasteiger partial charge in [0.25, 0.3) is 0 Å². The molecule has 27 heavy (non-hydrogen) atoms. The minimum atomic E-state index is 0.00703. The molecule has 1 aromatic carbocycles. The standard InChI is InChI=1S/C20H28N4OS2/c1-3-14-9-8-10-15(4-2)18(14)22-17(25)13-26-20-24-23-19(27-20)21-16-11-6-5-7-12-16/h8-10,16H,3-7,11-13H2,1-2H3,(H,21,23)(H,22,25). The molecule has 1 aliphatic carbocycles. The fraction of sp³-hybridized carbons (Fsp3) is 0.550. The monoisotopic (exact) mass is 404 g/mol. The summed E-state index contributed by atoms with van der Waals surface area (Å²) in [5.41, 5.74) is 3.34. The molecule has 2 aromatic rings. The van der Waals surface area contributed by atoms with Crippen LogP contribution in [0.1, 0.15) is 57.1 Å². The Morgan fingerprint density at radius 1 is 1.15 bits per heavy atom. The van der Waals surface area contributed by atoms with Crippen molar-refractivity contribution in [3.05, 3.63) is 29.3 Å². The minimum absolute atomic E-state index is 0.00703. The molecule has 0 bridgehead atoms. The van der Waals surface area contributed by atoms with Crippen LogP contribution in [0, 0.1) is 0 Å². The molecule has 1 aliphatic rings. The molecule has 0 saturated heterocycles. The first-order valence-corrected chi connectivity index (χ1v) is 11.6. The van der Waals surface area contributed by atoms with Crippen LogP contribution in [0.2, 0.25) is 0 Å². The molecule has 5 nitrogen and oxygen atoms in total. The Balaban J connectivity index is 1.52.